The van der Waals surface area contributed by atoms with Gasteiger partial charge in [-0.1, -0.05) is 0 Å². The second kappa shape index (κ2) is 5.97. The van der Waals surface area contributed by atoms with E-state index in [9.17, 15) is 13.7 Å². The van der Waals surface area contributed by atoms with Gasteiger partial charge >= 0.3 is 23.9 Å². The predicted molar refractivity (Wildman–Crippen MR) is 41.0 cm³/mol. The van der Waals surface area contributed by atoms with Gasteiger partial charge in [0.1, 0.15) is 0 Å². The molecule has 0 aliphatic carbocycles. The van der Waals surface area contributed by atoms with E-state index in [0.29, 0.717) is 0 Å². The molecule has 0 saturated carbocycles. The summed E-state index contributed by atoms with van der Waals surface area (Å²) in [5.41, 5.74) is 0. The molecule has 13 heteroatoms. The van der Waals surface area contributed by atoms with Gasteiger partial charge in [-0.2, -0.15) is 4.31 Å². The van der Waals surface area contributed by atoms with Gasteiger partial charge in [-0.25, -0.2) is 13.4 Å². The molecule has 0 saturated heterocycles. The van der Waals surface area contributed by atoms with Crippen molar-refractivity contribution in [1.29, 1.82) is 0 Å². The van der Waals surface area contributed by atoms with Gasteiger partial charge in [0.2, 0.25) is 0 Å². The van der Waals surface area contributed by atoms with E-state index in [1.54, 1.807) is 0 Å². The molecule has 0 amide bonds. The van der Waals surface area contributed by atoms with Crippen LogP contribution in [0.5, 0.6) is 0 Å². The first-order chi connectivity index (χ1) is 5.12. The normalized spacial score (nSPS) is 18.5. The summed E-state index contributed by atoms with van der Waals surface area (Å²) in [6, 6.07) is 0. The molecule has 13 heavy (non-hydrogen) atoms. The fraction of sp³-hybridized carbons (Fsp3) is 0. The maximum absolute atomic E-state index is 10.3. The van der Waals surface area contributed by atoms with Crippen LogP contribution in [-0.2, 0) is 22.3 Å². The topological polar surface area (TPSA) is 151 Å². The van der Waals surface area contributed by atoms with Gasteiger partial charge in [0.15, 0.2) is 0 Å². The summed E-state index contributed by atoms with van der Waals surface area (Å²) in [6.45, 7) is 0. The fourth-order valence-electron chi connectivity index (χ4n) is 0.250. The Hall–Kier alpha value is 1.25. The molecule has 0 aromatic rings. The van der Waals surface area contributed by atoms with Gasteiger partial charge in [0.05, 0.1) is 0 Å². The molecule has 2 unspecified atom stereocenters. The summed E-state index contributed by atoms with van der Waals surface area (Å²) in [4.78, 5) is 32.2. The molecule has 0 fully saturated rings. The number of rotatable bonds is 4. The molecule has 9 nitrogen and oxygen atoms in total. The molecule has 0 bridgehead atoms. The fourth-order valence-corrected chi connectivity index (χ4v) is 2.55. The molecule has 78 valence electrons. The molecule has 2 atom stereocenters. The van der Waals surface area contributed by atoms with Crippen molar-refractivity contribution in [3.05, 3.63) is 0 Å². The van der Waals surface area contributed by atoms with Crippen LogP contribution in [0.1, 0.15) is 0 Å². The van der Waals surface area contributed by atoms with E-state index in [0.717, 1.165) is 0 Å². The number of hydrogen-bond donors (Lipinski definition) is 4. The van der Waals surface area contributed by atoms with Crippen LogP contribution in [0.15, 0.2) is 0 Å². The average Bonchev–Trinajstić information content (AvgIpc) is 1.48. The molecule has 0 aliphatic heterocycles. The predicted octanol–water partition coefficient (Wildman–Crippen LogP) is -0.786. The van der Waals surface area contributed by atoms with Gasteiger partial charge < -0.3 is 19.6 Å². The van der Waals surface area contributed by atoms with Crippen LogP contribution in [0.3, 0.4) is 0 Å². The van der Waals surface area contributed by atoms with Gasteiger partial charge in [0.25, 0.3) is 0 Å². The van der Waals surface area contributed by atoms with Crippen molar-refractivity contribution in [2.24, 2.45) is 0 Å². The summed E-state index contributed by atoms with van der Waals surface area (Å²) >= 11 is 0. The molecule has 0 aromatic heterocycles. The van der Waals surface area contributed by atoms with E-state index in [1.807, 2.05) is 0 Å². The van der Waals surface area contributed by atoms with Crippen molar-refractivity contribution in [2.45, 2.75) is 0 Å². The Kier molecular flexibility index (Phi) is 7.65. The summed E-state index contributed by atoms with van der Waals surface area (Å²) in [5.74, 6) is 0. The van der Waals surface area contributed by atoms with E-state index < -0.39 is 23.9 Å². The van der Waals surface area contributed by atoms with Crippen LogP contribution in [0, 0.1) is 0 Å². The van der Waals surface area contributed by atoms with Crippen LogP contribution in [0.25, 0.3) is 0 Å². The summed E-state index contributed by atoms with van der Waals surface area (Å²) in [7, 11) is -14.2. The Bertz CT molecular complexity index is 262. The van der Waals surface area contributed by atoms with Crippen LogP contribution in [-0.4, -0.2) is 43.5 Å². The van der Waals surface area contributed by atoms with Gasteiger partial charge in [-0.15, -0.1) is 0 Å². The Morgan fingerprint density at radius 1 is 1.15 bits per heavy atom. The molecule has 4 N–H and O–H groups in total. The molecule has 0 spiro atoms. The van der Waals surface area contributed by atoms with Crippen molar-refractivity contribution >= 4 is 47.8 Å². The minimum absolute atomic E-state index is 0. The standard InChI is InChI=1S/H5O9P3.Sn/c1-10(2)8-12(6,7)9-11(3,4)5;/h10H,(H,1,2)(H,6,7)(H2,3,4,5);. The third-order valence-corrected chi connectivity index (χ3v) is 3.63. The molecule has 0 aliphatic rings. The van der Waals surface area contributed by atoms with Crippen LogP contribution >= 0.6 is 23.9 Å². The van der Waals surface area contributed by atoms with Crippen molar-refractivity contribution in [3.8, 4) is 0 Å². The zero-order chi connectivity index (χ0) is 9.99. The van der Waals surface area contributed by atoms with Gasteiger partial charge in [-0.05, 0) is 0 Å². The Labute approximate surface area is 89.8 Å². The van der Waals surface area contributed by atoms with Gasteiger partial charge in [-0.3, -0.25) is 4.57 Å². The molecule has 0 aromatic carbocycles. The van der Waals surface area contributed by atoms with E-state index in [4.69, 9.17) is 19.6 Å². The zero-order valence-corrected chi connectivity index (χ0v) is 11.4. The second-order valence-corrected chi connectivity index (χ2v) is 5.23. The summed E-state index contributed by atoms with van der Waals surface area (Å²) in [6.07, 6.45) is 0. The Morgan fingerprint density at radius 3 is 1.77 bits per heavy atom. The van der Waals surface area contributed by atoms with Crippen molar-refractivity contribution in [2.75, 3.05) is 0 Å². The Morgan fingerprint density at radius 2 is 1.54 bits per heavy atom. The third-order valence-electron chi connectivity index (χ3n) is 0.403. The van der Waals surface area contributed by atoms with Crippen LogP contribution in [0.2, 0.25) is 0 Å². The first-order valence-electron chi connectivity index (χ1n) is 2.14. The van der Waals surface area contributed by atoms with E-state index in [-0.39, 0.29) is 23.9 Å². The molecule has 0 rings (SSSR count). The second-order valence-electron chi connectivity index (χ2n) is 1.40. The third kappa shape index (κ3) is 11.2. The minimum atomic E-state index is -5.22. The maximum atomic E-state index is 10.3. The maximum Gasteiger partial charge on any atom is 0.488 e. The van der Waals surface area contributed by atoms with Crippen molar-refractivity contribution < 1.29 is 41.9 Å². The molecular formula is H5O9P3Sn. The monoisotopic (exact) mass is 362 g/mol. The number of phosphoric acid groups is 2. The van der Waals surface area contributed by atoms with Crippen LogP contribution in [0.4, 0.5) is 0 Å². The quantitative estimate of drug-likeness (QED) is 0.373. The molecule has 0 heterocycles. The van der Waals surface area contributed by atoms with Crippen molar-refractivity contribution in [3.63, 3.8) is 0 Å². The van der Waals surface area contributed by atoms with E-state index >= 15 is 0 Å². The minimum Gasteiger partial charge on any atom is -0.326 e. The number of hydrogen-bond acceptors (Lipinski definition) is 5. The largest absolute Gasteiger partial charge is 0.488 e. The van der Waals surface area contributed by atoms with Crippen LogP contribution < -0.4 is 0 Å². The first kappa shape index (κ1) is 16.7. The van der Waals surface area contributed by atoms with Crippen molar-refractivity contribution in [1.82, 2.24) is 0 Å². The molecule has 4 radical (unpaired) electrons. The smallest absolute Gasteiger partial charge is 0.326 e. The summed E-state index contributed by atoms with van der Waals surface area (Å²) < 4.78 is 36.5. The SMILES string of the molecule is O=[PH](O)OP(=O)(O)OP(=O)(O)O.[Sn]. The summed E-state index contributed by atoms with van der Waals surface area (Å²) in [5, 5.41) is 0. The zero-order valence-electron chi connectivity index (χ0n) is 5.72. The van der Waals surface area contributed by atoms with E-state index in [2.05, 4.69) is 8.62 Å². The Balaban J connectivity index is 0. The average molecular weight is 361 g/mol. The van der Waals surface area contributed by atoms with E-state index in [1.165, 1.54) is 0 Å². The van der Waals surface area contributed by atoms with Gasteiger partial charge in [0, 0.05) is 23.9 Å². The first-order valence-corrected chi connectivity index (χ1v) is 6.43. The molecular weight excluding hydrogens is 356 g/mol.